The lowest BCUT2D eigenvalue weighted by atomic mass is 10.1. The van der Waals surface area contributed by atoms with Crippen LogP contribution in [0.2, 0.25) is 0 Å². The van der Waals surface area contributed by atoms with E-state index < -0.39 is 29.7 Å². The minimum atomic E-state index is -1.03. The fourth-order valence-electron chi connectivity index (χ4n) is 3.33. The van der Waals surface area contributed by atoms with Crippen LogP contribution in [0.1, 0.15) is 24.5 Å². The summed E-state index contributed by atoms with van der Waals surface area (Å²) in [5, 5.41) is 5.22. The Morgan fingerprint density at radius 2 is 1.75 bits per heavy atom. The van der Waals surface area contributed by atoms with E-state index >= 15 is 0 Å². The van der Waals surface area contributed by atoms with Crippen molar-refractivity contribution in [1.82, 2.24) is 15.5 Å². The highest BCUT2D eigenvalue weighted by molar-refractivity contribution is 6.03. The Bertz CT molecular complexity index is 1000. The summed E-state index contributed by atoms with van der Waals surface area (Å²) < 4.78 is 5.29. The summed E-state index contributed by atoms with van der Waals surface area (Å²) in [5.41, 5.74) is 1.56. The van der Waals surface area contributed by atoms with Crippen LogP contribution in [-0.2, 0) is 30.5 Å². The summed E-state index contributed by atoms with van der Waals surface area (Å²) in [7, 11) is 0. The Kier molecular flexibility index (Phi) is 7.75. The van der Waals surface area contributed by atoms with Crippen molar-refractivity contribution in [3.63, 3.8) is 0 Å². The van der Waals surface area contributed by atoms with E-state index in [4.69, 9.17) is 4.74 Å². The molecule has 1 fully saturated rings. The van der Waals surface area contributed by atoms with Gasteiger partial charge >= 0.3 is 5.97 Å². The number of nitrogens with one attached hydrogen (secondary N) is 2. The number of amides is 3. The molecule has 0 radical (unpaired) electrons. The largest absolute Gasteiger partial charge is 0.461 e. The minimum absolute atomic E-state index is 0.0288. The van der Waals surface area contributed by atoms with Crippen LogP contribution in [0, 0.1) is 0 Å². The van der Waals surface area contributed by atoms with Gasteiger partial charge in [0.25, 0.3) is 5.91 Å². The molecule has 8 heteroatoms. The molecule has 0 aromatic heterocycles. The van der Waals surface area contributed by atoms with Gasteiger partial charge in [0.05, 0.1) is 6.42 Å². The van der Waals surface area contributed by atoms with Crippen LogP contribution in [0.25, 0.3) is 6.08 Å². The summed E-state index contributed by atoms with van der Waals surface area (Å²) in [6, 6.07) is 17.2. The normalized spacial score (nSPS) is 16.2. The standard InChI is InChI=1S/C24H25N3O5/c1-17(28)26-20(14-18-8-4-2-5-9-18)24(31)27-13-12-25-23(30)21(27)15-22(29)32-16-19-10-6-3-7-11-19/h2-11,14,21H,12-13,15-16H2,1H3,(H,25,30)(H,26,28)/b20-14+. The molecule has 8 nitrogen and oxygen atoms in total. The van der Waals surface area contributed by atoms with Gasteiger partial charge in [0.2, 0.25) is 11.8 Å². The molecule has 1 unspecified atom stereocenters. The van der Waals surface area contributed by atoms with Crippen LogP contribution in [0.5, 0.6) is 0 Å². The third kappa shape index (κ3) is 6.28. The van der Waals surface area contributed by atoms with Gasteiger partial charge in [0.1, 0.15) is 18.3 Å². The van der Waals surface area contributed by atoms with E-state index in [-0.39, 0.29) is 31.8 Å². The number of hydrogen-bond donors (Lipinski definition) is 2. The predicted octanol–water partition coefficient (Wildman–Crippen LogP) is 1.62. The first-order valence-corrected chi connectivity index (χ1v) is 10.3. The van der Waals surface area contributed by atoms with Gasteiger partial charge in [0, 0.05) is 20.0 Å². The molecule has 1 heterocycles. The number of carbonyl (C=O) groups is 4. The number of benzene rings is 2. The third-order valence-electron chi connectivity index (χ3n) is 4.85. The quantitative estimate of drug-likeness (QED) is 0.508. The number of rotatable bonds is 7. The summed E-state index contributed by atoms with van der Waals surface area (Å²) in [6.45, 7) is 1.83. The first kappa shape index (κ1) is 22.7. The highest BCUT2D eigenvalue weighted by atomic mass is 16.5. The van der Waals surface area contributed by atoms with Gasteiger partial charge in [-0.05, 0) is 17.2 Å². The summed E-state index contributed by atoms with van der Waals surface area (Å²) in [5.74, 6) is -1.99. The topological polar surface area (TPSA) is 105 Å². The maximum Gasteiger partial charge on any atom is 0.308 e. The number of piperazine rings is 1. The fourth-order valence-corrected chi connectivity index (χ4v) is 3.33. The highest BCUT2D eigenvalue weighted by Crippen LogP contribution is 2.16. The van der Waals surface area contributed by atoms with Gasteiger partial charge in [-0.25, -0.2) is 0 Å². The first-order valence-electron chi connectivity index (χ1n) is 10.3. The zero-order chi connectivity index (χ0) is 22.9. The molecular formula is C24H25N3O5. The Hall–Kier alpha value is -3.94. The van der Waals surface area contributed by atoms with Crippen molar-refractivity contribution < 1.29 is 23.9 Å². The van der Waals surface area contributed by atoms with E-state index in [2.05, 4.69) is 10.6 Å². The van der Waals surface area contributed by atoms with Gasteiger partial charge in [-0.2, -0.15) is 0 Å². The van der Waals surface area contributed by atoms with E-state index in [1.165, 1.54) is 11.8 Å². The van der Waals surface area contributed by atoms with Gasteiger partial charge in [-0.1, -0.05) is 60.7 Å². The fraction of sp³-hybridized carbons (Fsp3) is 0.250. The lowest BCUT2D eigenvalue weighted by Crippen LogP contribution is -2.58. The number of ether oxygens (including phenoxy) is 1. The van der Waals surface area contributed by atoms with Crippen LogP contribution < -0.4 is 10.6 Å². The molecule has 1 saturated heterocycles. The number of carbonyl (C=O) groups excluding carboxylic acids is 4. The second kappa shape index (κ2) is 10.9. The highest BCUT2D eigenvalue weighted by Gasteiger charge is 2.36. The molecule has 1 aliphatic rings. The smallest absolute Gasteiger partial charge is 0.308 e. The molecular weight excluding hydrogens is 410 g/mol. The van der Waals surface area contributed by atoms with E-state index in [1.807, 2.05) is 48.5 Å². The van der Waals surface area contributed by atoms with Crippen LogP contribution in [0.3, 0.4) is 0 Å². The molecule has 2 aromatic rings. The number of esters is 1. The van der Waals surface area contributed by atoms with Crippen LogP contribution >= 0.6 is 0 Å². The molecule has 2 aromatic carbocycles. The van der Waals surface area contributed by atoms with Crippen molar-refractivity contribution >= 4 is 29.8 Å². The van der Waals surface area contributed by atoms with Crippen molar-refractivity contribution in [2.75, 3.05) is 13.1 Å². The maximum absolute atomic E-state index is 13.3. The molecule has 166 valence electrons. The average molecular weight is 435 g/mol. The second-order valence-electron chi connectivity index (χ2n) is 7.31. The molecule has 0 spiro atoms. The van der Waals surface area contributed by atoms with Gasteiger partial charge in [0.15, 0.2) is 0 Å². The molecule has 0 bridgehead atoms. The van der Waals surface area contributed by atoms with Crippen molar-refractivity contribution in [3.8, 4) is 0 Å². The second-order valence-corrected chi connectivity index (χ2v) is 7.31. The number of nitrogens with zero attached hydrogens (tertiary/aromatic N) is 1. The van der Waals surface area contributed by atoms with Gasteiger partial charge in [-0.3, -0.25) is 19.2 Å². The Labute approximate surface area is 186 Å². The van der Waals surface area contributed by atoms with Crippen molar-refractivity contribution in [1.29, 1.82) is 0 Å². The van der Waals surface area contributed by atoms with Crippen molar-refractivity contribution in [2.24, 2.45) is 0 Å². The maximum atomic E-state index is 13.3. The lowest BCUT2D eigenvalue weighted by Gasteiger charge is -2.35. The molecule has 1 aliphatic heterocycles. The number of hydrogen-bond acceptors (Lipinski definition) is 5. The van der Waals surface area contributed by atoms with Gasteiger partial charge < -0.3 is 20.3 Å². The van der Waals surface area contributed by atoms with E-state index in [9.17, 15) is 19.2 Å². The summed E-state index contributed by atoms with van der Waals surface area (Å²) >= 11 is 0. The van der Waals surface area contributed by atoms with Crippen LogP contribution in [-0.4, -0.2) is 47.7 Å². The van der Waals surface area contributed by atoms with Crippen molar-refractivity contribution in [2.45, 2.75) is 26.0 Å². The zero-order valence-corrected chi connectivity index (χ0v) is 17.7. The van der Waals surface area contributed by atoms with Crippen LogP contribution in [0.4, 0.5) is 0 Å². The molecule has 32 heavy (non-hydrogen) atoms. The Morgan fingerprint density at radius 1 is 1.09 bits per heavy atom. The molecule has 0 aliphatic carbocycles. The van der Waals surface area contributed by atoms with Gasteiger partial charge in [-0.15, -0.1) is 0 Å². The van der Waals surface area contributed by atoms with E-state index in [0.717, 1.165) is 5.56 Å². The van der Waals surface area contributed by atoms with Crippen molar-refractivity contribution in [3.05, 3.63) is 77.5 Å². The summed E-state index contributed by atoms with van der Waals surface area (Å²) in [6.07, 6.45) is 1.25. The average Bonchev–Trinajstić information content (AvgIpc) is 2.79. The Morgan fingerprint density at radius 3 is 2.41 bits per heavy atom. The lowest BCUT2D eigenvalue weighted by molar-refractivity contribution is -0.152. The molecule has 3 amide bonds. The van der Waals surface area contributed by atoms with E-state index in [1.54, 1.807) is 18.2 Å². The monoisotopic (exact) mass is 435 g/mol. The van der Waals surface area contributed by atoms with E-state index in [0.29, 0.717) is 5.56 Å². The molecule has 2 N–H and O–H groups in total. The minimum Gasteiger partial charge on any atom is -0.461 e. The first-order chi connectivity index (χ1) is 15.4. The molecule has 1 atom stereocenters. The predicted molar refractivity (Wildman–Crippen MR) is 118 cm³/mol. The SMILES string of the molecule is CC(=O)N/C(=C/c1ccccc1)C(=O)N1CCNC(=O)C1CC(=O)OCc1ccccc1. The zero-order valence-electron chi connectivity index (χ0n) is 17.7. The Balaban J connectivity index is 1.75. The molecule has 0 saturated carbocycles. The summed E-state index contributed by atoms with van der Waals surface area (Å²) in [4.78, 5) is 51.2. The van der Waals surface area contributed by atoms with Crippen LogP contribution in [0.15, 0.2) is 66.4 Å². The third-order valence-corrected chi connectivity index (χ3v) is 4.85. The molecule has 3 rings (SSSR count).